The minimum atomic E-state index is -0.205. The van der Waals surface area contributed by atoms with E-state index < -0.39 is 0 Å². The van der Waals surface area contributed by atoms with E-state index in [4.69, 9.17) is 5.73 Å². The Balaban J connectivity index is 2.22. The first-order chi connectivity index (χ1) is 6.79. The Kier molecular flexibility index (Phi) is 2.50. The van der Waals surface area contributed by atoms with Crippen LogP contribution in [0.15, 0.2) is 30.3 Å². The van der Waals surface area contributed by atoms with Crippen molar-refractivity contribution in [2.24, 2.45) is 11.7 Å². The summed E-state index contributed by atoms with van der Waals surface area (Å²) in [6.07, 6.45) is 0.842. The third-order valence-electron chi connectivity index (χ3n) is 2.75. The molecule has 1 aliphatic rings. The SMILES string of the molecule is NC(=O)[C@@H]1CCN[C@H]1c1ccccc1. The van der Waals surface area contributed by atoms with Crippen molar-refractivity contribution in [3.05, 3.63) is 35.9 Å². The second-order valence-electron chi connectivity index (χ2n) is 3.64. The van der Waals surface area contributed by atoms with E-state index in [0.29, 0.717) is 0 Å². The Morgan fingerprint density at radius 2 is 2.07 bits per heavy atom. The van der Waals surface area contributed by atoms with Crippen molar-refractivity contribution in [2.75, 3.05) is 6.54 Å². The lowest BCUT2D eigenvalue weighted by molar-refractivity contribution is -0.122. The van der Waals surface area contributed by atoms with Crippen LogP contribution in [0.3, 0.4) is 0 Å². The molecule has 0 unspecified atom stereocenters. The summed E-state index contributed by atoms with van der Waals surface area (Å²) < 4.78 is 0. The number of nitrogens with two attached hydrogens (primary N) is 1. The molecule has 0 saturated carbocycles. The van der Waals surface area contributed by atoms with Gasteiger partial charge < -0.3 is 11.1 Å². The summed E-state index contributed by atoms with van der Waals surface area (Å²) in [5.41, 5.74) is 6.49. The van der Waals surface area contributed by atoms with E-state index in [1.54, 1.807) is 0 Å². The third kappa shape index (κ3) is 1.63. The smallest absolute Gasteiger partial charge is 0.222 e. The molecule has 2 atom stereocenters. The van der Waals surface area contributed by atoms with Crippen molar-refractivity contribution in [2.45, 2.75) is 12.5 Å². The zero-order valence-electron chi connectivity index (χ0n) is 7.94. The van der Waals surface area contributed by atoms with Crippen molar-refractivity contribution >= 4 is 5.91 Å². The second-order valence-corrected chi connectivity index (χ2v) is 3.64. The van der Waals surface area contributed by atoms with Crippen LogP contribution in [0.2, 0.25) is 0 Å². The first-order valence-electron chi connectivity index (χ1n) is 4.86. The van der Waals surface area contributed by atoms with Crippen LogP contribution < -0.4 is 11.1 Å². The highest BCUT2D eigenvalue weighted by atomic mass is 16.1. The van der Waals surface area contributed by atoms with Crippen LogP contribution in [0, 0.1) is 5.92 Å². The van der Waals surface area contributed by atoms with Gasteiger partial charge in [-0.2, -0.15) is 0 Å². The molecule has 1 saturated heterocycles. The summed E-state index contributed by atoms with van der Waals surface area (Å²) in [5, 5.41) is 3.30. The fourth-order valence-corrected chi connectivity index (χ4v) is 2.02. The maximum atomic E-state index is 11.2. The summed E-state index contributed by atoms with van der Waals surface area (Å²) in [7, 11) is 0. The monoisotopic (exact) mass is 190 g/mol. The molecule has 1 amide bonds. The molecule has 3 nitrogen and oxygen atoms in total. The number of carbonyl (C=O) groups is 1. The quantitative estimate of drug-likeness (QED) is 0.725. The first kappa shape index (κ1) is 9.21. The van der Waals surface area contributed by atoms with Crippen molar-refractivity contribution in [1.82, 2.24) is 5.32 Å². The van der Waals surface area contributed by atoms with Crippen LogP contribution >= 0.6 is 0 Å². The van der Waals surface area contributed by atoms with Crippen molar-refractivity contribution in [1.29, 1.82) is 0 Å². The van der Waals surface area contributed by atoms with Crippen molar-refractivity contribution < 1.29 is 4.79 Å². The van der Waals surface area contributed by atoms with Crippen LogP contribution in [0.1, 0.15) is 18.0 Å². The highest BCUT2D eigenvalue weighted by Crippen LogP contribution is 2.28. The summed E-state index contributed by atoms with van der Waals surface area (Å²) >= 11 is 0. The Hall–Kier alpha value is -1.35. The zero-order chi connectivity index (χ0) is 9.97. The number of primary amides is 1. The van der Waals surface area contributed by atoms with Crippen molar-refractivity contribution in [3.63, 3.8) is 0 Å². The van der Waals surface area contributed by atoms with Crippen molar-refractivity contribution in [3.8, 4) is 0 Å². The van der Waals surface area contributed by atoms with E-state index in [-0.39, 0.29) is 17.9 Å². The molecule has 1 aromatic carbocycles. The molecule has 1 aromatic rings. The number of amides is 1. The van der Waals surface area contributed by atoms with Gasteiger partial charge in [0.25, 0.3) is 0 Å². The maximum Gasteiger partial charge on any atom is 0.222 e. The molecule has 1 heterocycles. The number of hydrogen-bond acceptors (Lipinski definition) is 2. The van der Waals surface area contributed by atoms with Gasteiger partial charge in [0.15, 0.2) is 0 Å². The lowest BCUT2D eigenvalue weighted by atomic mass is 9.94. The van der Waals surface area contributed by atoms with Gasteiger partial charge >= 0.3 is 0 Å². The van der Waals surface area contributed by atoms with Gasteiger partial charge in [-0.1, -0.05) is 30.3 Å². The molecule has 1 fully saturated rings. The predicted molar refractivity (Wildman–Crippen MR) is 54.5 cm³/mol. The molecule has 3 heteroatoms. The molecular formula is C11H14N2O. The van der Waals surface area contributed by atoms with E-state index >= 15 is 0 Å². The third-order valence-corrected chi connectivity index (χ3v) is 2.75. The number of rotatable bonds is 2. The van der Waals surface area contributed by atoms with E-state index in [2.05, 4.69) is 5.32 Å². The summed E-state index contributed by atoms with van der Waals surface area (Å²) in [6.45, 7) is 0.868. The standard InChI is InChI=1S/C11H14N2O/c12-11(14)9-6-7-13-10(9)8-4-2-1-3-5-8/h1-5,9-10,13H,6-7H2,(H2,12,14)/t9-,10+/m1/s1. The highest BCUT2D eigenvalue weighted by molar-refractivity contribution is 5.78. The van der Waals surface area contributed by atoms with Gasteiger partial charge in [-0.25, -0.2) is 0 Å². The minimum Gasteiger partial charge on any atom is -0.369 e. The molecule has 0 spiro atoms. The molecular weight excluding hydrogens is 176 g/mol. The van der Waals surface area contributed by atoms with E-state index in [9.17, 15) is 4.79 Å². The second kappa shape index (κ2) is 3.80. The summed E-state index contributed by atoms with van der Waals surface area (Å²) in [5.74, 6) is -0.263. The van der Waals surface area contributed by atoms with Gasteiger partial charge in [0.05, 0.1) is 5.92 Å². The Bertz CT molecular complexity index is 323. The minimum absolute atomic E-state index is 0.0580. The molecule has 3 N–H and O–H groups in total. The van der Waals surface area contributed by atoms with Gasteiger partial charge in [0.2, 0.25) is 5.91 Å². The van der Waals surface area contributed by atoms with E-state index in [1.165, 1.54) is 0 Å². The molecule has 0 radical (unpaired) electrons. The van der Waals surface area contributed by atoms with Crippen LogP contribution in [-0.2, 0) is 4.79 Å². The van der Waals surface area contributed by atoms with Gasteiger partial charge in [0.1, 0.15) is 0 Å². The largest absolute Gasteiger partial charge is 0.369 e. The fourth-order valence-electron chi connectivity index (χ4n) is 2.02. The summed E-state index contributed by atoms with van der Waals surface area (Å²) in [6, 6.07) is 10.1. The topological polar surface area (TPSA) is 55.1 Å². The maximum absolute atomic E-state index is 11.2. The first-order valence-corrected chi connectivity index (χ1v) is 4.86. The van der Waals surface area contributed by atoms with Gasteiger partial charge in [-0.3, -0.25) is 4.79 Å². The fraction of sp³-hybridized carbons (Fsp3) is 0.364. The van der Waals surface area contributed by atoms with Gasteiger partial charge in [-0.15, -0.1) is 0 Å². The number of carbonyl (C=O) groups excluding carboxylic acids is 1. The molecule has 1 aliphatic heterocycles. The molecule has 0 aromatic heterocycles. The van der Waals surface area contributed by atoms with Crippen LogP contribution in [0.25, 0.3) is 0 Å². The van der Waals surface area contributed by atoms with E-state index in [0.717, 1.165) is 18.5 Å². The highest BCUT2D eigenvalue weighted by Gasteiger charge is 2.31. The molecule has 74 valence electrons. The molecule has 14 heavy (non-hydrogen) atoms. The average molecular weight is 190 g/mol. The molecule has 0 bridgehead atoms. The molecule has 0 aliphatic carbocycles. The predicted octanol–water partition coefficient (Wildman–Crippen LogP) is 0.822. The van der Waals surface area contributed by atoms with Crippen LogP contribution in [0.5, 0.6) is 0 Å². The van der Waals surface area contributed by atoms with E-state index in [1.807, 2.05) is 30.3 Å². The van der Waals surface area contributed by atoms with Gasteiger partial charge in [0, 0.05) is 6.04 Å². The lowest BCUT2D eigenvalue weighted by Gasteiger charge is -2.16. The molecule has 2 rings (SSSR count). The Labute approximate surface area is 83.3 Å². The van der Waals surface area contributed by atoms with Crippen LogP contribution in [-0.4, -0.2) is 12.5 Å². The van der Waals surface area contributed by atoms with Crippen LogP contribution in [0.4, 0.5) is 0 Å². The Morgan fingerprint density at radius 3 is 2.71 bits per heavy atom. The number of hydrogen-bond donors (Lipinski definition) is 2. The summed E-state index contributed by atoms with van der Waals surface area (Å²) in [4.78, 5) is 11.2. The average Bonchev–Trinajstić information content (AvgIpc) is 2.67. The zero-order valence-corrected chi connectivity index (χ0v) is 7.94. The Morgan fingerprint density at radius 1 is 1.36 bits per heavy atom. The lowest BCUT2D eigenvalue weighted by Crippen LogP contribution is -2.28. The normalized spacial score (nSPS) is 26.3. The number of benzene rings is 1. The number of nitrogens with one attached hydrogen (secondary N) is 1. The van der Waals surface area contributed by atoms with Gasteiger partial charge in [-0.05, 0) is 18.5 Å².